The molecule has 0 radical (unpaired) electrons. The van der Waals surface area contributed by atoms with Crippen LogP contribution in [0.25, 0.3) is 0 Å². The monoisotopic (exact) mass is 386 g/mol. The molecule has 28 heavy (non-hydrogen) atoms. The zero-order chi connectivity index (χ0) is 20.9. The first kappa shape index (κ1) is 23.5. The van der Waals surface area contributed by atoms with Crippen LogP contribution in [0.15, 0.2) is 53.1 Å². The number of rotatable bonds is 11. The lowest BCUT2D eigenvalue weighted by Gasteiger charge is -2.09. The molecule has 1 rings (SSSR count). The molecule has 0 aliphatic heterocycles. The van der Waals surface area contributed by atoms with E-state index in [1.807, 2.05) is 6.08 Å². The number of hydrogen-bond acceptors (Lipinski definition) is 4. The van der Waals surface area contributed by atoms with Crippen LogP contribution in [0, 0.1) is 0 Å². The van der Waals surface area contributed by atoms with Crippen molar-refractivity contribution >= 4 is 5.97 Å². The Morgan fingerprint density at radius 2 is 1.64 bits per heavy atom. The van der Waals surface area contributed by atoms with Gasteiger partial charge in [0, 0.05) is 0 Å². The molecule has 0 saturated heterocycles. The highest BCUT2D eigenvalue weighted by atomic mass is 16.5. The molecule has 0 fully saturated rings. The van der Waals surface area contributed by atoms with Crippen LogP contribution in [0.2, 0.25) is 0 Å². The van der Waals surface area contributed by atoms with Gasteiger partial charge in [-0.1, -0.05) is 28.9 Å². The number of carbonyl (C=O) groups excluding carboxylic acids is 1. The number of benzene rings is 1. The van der Waals surface area contributed by atoms with Crippen molar-refractivity contribution in [3.8, 4) is 11.5 Å². The van der Waals surface area contributed by atoms with Crippen LogP contribution >= 0.6 is 0 Å². The van der Waals surface area contributed by atoms with Crippen molar-refractivity contribution in [2.24, 2.45) is 0 Å². The van der Waals surface area contributed by atoms with Crippen molar-refractivity contribution in [1.29, 1.82) is 0 Å². The Morgan fingerprint density at radius 1 is 1.00 bits per heavy atom. The van der Waals surface area contributed by atoms with Crippen LogP contribution in [-0.2, 0) is 4.74 Å². The van der Waals surface area contributed by atoms with Gasteiger partial charge >= 0.3 is 5.97 Å². The highest BCUT2D eigenvalue weighted by Gasteiger charge is 2.10. The smallest absolute Gasteiger partial charge is 0.338 e. The van der Waals surface area contributed by atoms with Gasteiger partial charge in [-0.15, -0.1) is 0 Å². The predicted octanol–water partition coefficient (Wildman–Crippen LogP) is 6.37. The van der Waals surface area contributed by atoms with Gasteiger partial charge in [0.1, 0.15) is 6.61 Å². The van der Waals surface area contributed by atoms with E-state index in [9.17, 15) is 9.90 Å². The van der Waals surface area contributed by atoms with Gasteiger partial charge in [0.25, 0.3) is 0 Å². The van der Waals surface area contributed by atoms with Gasteiger partial charge in [-0.3, -0.25) is 0 Å². The molecule has 0 unspecified atom stereocenters. The lowest BCUT2D eigenvalue weighted by atomic mass is 10.1. The average Bonchev–Trinajstić information content (AvgIpc) is 2.63. The standard InChI is InChI=1S/C24H34O4/c1-6-27-24(26)21-13-14-22(25)23(17-21)28-16-15-20(5)12-8-11-19(4)10-7-9-18(2)3/h9,11,13-15,17,25H,6-8,10,12,16H2,1-5H3/b19-11+,20-15+. The summed E-state index contributed by atoms with van der Waals surface area (Å²) >= 11 is 0. The Bertz CT molecular complexity index is 722. The number of phenols is 1. The van der Waals surface area contributed by atoms with Gasteiger partial charge in [-0.05, 0) is 84.6 Å². The molecule has 154 valence electrons. The van der Waals surface area contributed by atoms with Crippen molar-refractivity contribution in [2.45, 2.75) is 60.3 Å². The largest absolute Gasteiger partial charge is 0.504 e. The van der Waals surface area contributed by atoms with E-state index in [1.165, 1.54) is 34.9 Å². The SMILES string of the molecule is CCOC(=O)c1ccc(O)c(OC/C=C(\C)CC/C=C(\C)CCC=C(C)C)c1. The molecule has 0 bridgehead atoms. The summed E-state index contributed by atoms with van der Waals surface area (Å²) in [6.07, 6.45) is 10.8. The molecular formula is C24H34O4. The van der Waals surface area contributed by atoms with E-state index in [1.54, 1.807) is 6.92 Å². The Morgan fingerprint density at radius 3 is 2.29 bits per heavy atom. The Kier molecular flexibility index (Phi) is 10.8. The summed E-state index contributed by atoms with van der Waals surface area (Å²) in [6, 6.07) is 4.48. The van der Waals surface area contributed by atoms with E-state index < -0.39 is 5.97 Å². The number of phenolic OH excluding ortho intramolecular Hbond substituents is 1. The molecule has 0 atom stereocenters. The molecule has 1 aromatic carbocycles. The molecule has 1 aromatic rings. The summed E-state index contributed by atoms with van der Waals surface area (Å²) in [5.74, 6) is -0.135. The Labute approximate surface area is 169 Å². The topological polar surface area (TPSA) is 55.8 Å². The van der Waals surface area contributed by atoms with Gasteiger partial charge in [-0.2, -0.15) is 0 Å². The number of hydrogen-bond donors (Lipinski definition) is 1. The minimum Gasteiger partial charge on any atom is -0.504 e. The number of carbonyl (C=O) groups is 1. The quantitative estimate of drug-likeness (QED) is 0.355. The zero-order valence-corrected chi connectivity index (χ0v) is 17.9. The Balaban J connectivity index is 2.48. The molecule has 0 heterocycles. The fourth-order valence-electron chi connectivity index (χ4n) is 2.58. The molecule has 0 saturated carbocycles. The molecule has 0 aliphatic carbocycles. The van der Waals surface area contributed by atoms with E-state index >= 15 is 0 Å². The Hall–Kier alpha value is -2.49. The van der Waals surface area contributed by atoms with Crippen LogP contribution in [0.3, 0.4) is 0 Å². The minimum absolute atomic E-state index is 0.00836. The third-order valence-corrected chi connectivity index (χ3v) is 4.26. The van der Waals surface area contributed by atoms with Crippen LogP contribution in [0.5, 0.6) is 11.5 Å². The van der Waals surface area contributed by atoms with Gasteiger partial charge in [0.15, 0.2) is 11.5 Å². The number of esters is 1. The first-order valence-corrected chi connectivity index (χ1v) is 9.91. The van der Waals surface area contributed by atoms with Gasteiger partial charge < -0.3 is 14.6 Å². The highest BCUT2D eigenvalue weighted by Crippen LogP contribution is 2.27. The number of aromatic hydroxyl groups is 1. The van der Waals surface area contributed by atoms with Crippen molar-refractivity contribution in [3.05, 3.63) is 58.7 Å². The normalized spacial score (nSPS) is 11.9. The maximum atomic E-state index is 11.8. The molecule has 0 aliphatic rings. The van der Waals surface area contributed by atoms with Crippen molar-refractivity contribution in [3.63, 3.8) is 0 Å². The van der Waals surface area contributed by atoms with Gasteiger partial charge in [-0.25, -0.2) is 4.79 Å². The van der Waals surface area contributed by atoms with Crippen molar-refractivity contribution in [1.82, 2.24) is 0 Å². The predicted molar refractivity (Wildman–Crippen MR) is 115 cm³/mol. The van der Waals surface area contributed by atoms with Gasteiger partial charge in [0.05, 0.1) is 12.2 Å². The highest BCUT2D eigenvalue weighted by molar-refractivity contribution is 5.90. The molecular weight excluding hydrogens is 352 g/mol. The van der Waals surface area contributed by atoms with Crippen LogP contribution in [0.4, 0.5) is 0 Å². The van der Waals surface area contributed by atoms with Gasteiger partial charge in [0.2, 0.25) is 0 Å². The summed E-state index contributed by atoms with van der Waals surface area (Å²) in [6.45, 7) is 10.9. The minimum atomic E-state index is -0.425. The lowest BCUT2D eigenvalue weighted by Crippen LogP contribution is -2.05. The summed E-state index contributed by atoms with van der Waals surface area (Å²) < 4.78 is 10.6. The molecule has 0 amide bonds. The van der Waals surface area contributed by atoms with Crippen LogP contribution < -0.4 is 4.74 Å². The average molecular weight is 387 g/mol. The molecule has 1 N–H and O–H groups in total. The number of ether oxygens (including phenoxy) is 2. The summed E-state index contributed by atoms with van der Waals surface area (Å²) in [5.41, 5.74) is 4.38. The third kappa shape index (κ3) is 9.45. The fourth-order valence-corrected chi connectivity index (χ4v) is 2.58. The lowest BCUT2D eigenvalue weighted by molar-refractivity contribution is 0.0526. The second kappa shape index (κ2) is 12.8. The second-order valence-electron chi connectivity index (χ2n) is 7.17. The molecule has 4 nitrogen and oxygen atoms in total. The summed E-state index contributed by atoms with van der Waals surface area (Å²) in [7, 11) is 0. The maximum Gasteiger partial charge on any atom is 0.338 e. The summed E-state index contributed by atoms with van der Waals surface area (Å²) in [4.78, 5) is 11.8. The molecule has 0 aromatic heterocycles. The molecule has 0 spiro atoms. The first-order chi connectivity index (χ1) is 13.3. The summed E-state index contributed by atoms with van der Waals surface area (Å²) in [5, 5.41) is 9.91. The van der Waals surface area contributed by atoms with E-state index in [4.69, 9.17) is 9.47 Å². The maximum absolute atomic E-state index is 11.8. The fraction of sp³-hybridized carbons (Fsp3) is 0.458. The first-order valence-electron chi connectivity index (χ1n) is 9.91. The van der Waals surface area contributed by atoms with Crippen LogP contribution in [-0.4, -0.2) is 24.3 Å². The van der Waals surface area contributed by atoms with Crippen LogP contribution in [0.1, 0.15) is 70.7 Å². The third-order valence-electron chi connectivity index (χ3n) is 4.26. The second-order valence-corrected chi connectivity index (χ2v) is 7.17. The number of allylic oxidation sites excluding steroid dienone is 5. The van der Waals surface area contributed by atoms with E-state index in [0.717, 1.165) is 25.7 Å². The van der Waals surface area contributed by atoms with Crippen molar-refractivity contribution in [2.75, 3.05) is 13.2 Å². The van der Waals surface area contributed by atoms with Crippen molar-refractivity contribution < 1.29 is 19.4 Å². The van der Waals surface area contributed by atoms with E-state index in [0.29, 0.717) is 18.8 Å². The van der Waals surface area contributed by atoms with E-state index in [2.05, 4.69) is 39.8 Å². The molecule has 4 heteroatoms. The van der Waals surface area contributed by atoms with E-state index in [-0.39, 0.29) is 11.5 Å². The zero-order valence-electron chi connectivity index (χ0n) is 17.9.